The molecule has 0 amide bonds. The lowest BCUT2D eigenvalue weighted by molar-refractivity contribution is -0.124. The number of hydrogen-bond acceptors (Lipinski definition) is 2. The predicted molar refractivity (Wildman–Crippen MR) is 85.2 cm³/mol. The fourth-order valence-electron chi connectivity index (χ4n) is 3.47. The lowest BCUT2D eigenvalue weighted by Crippen LogP contribution is -2.21. The van der Waals surface area contributed by atoms with Crippen LogP contribution in [0.4, 0.5) is 0 Å². The van der Waals surface area contributed by atoms with Crippen molar-refractivity contribution in [2.24, 2.45) is 11.8 Å². The second kappa shape index (κ2) is 7.53. The van der Waals surface area contributed by atoms with Crippen LogP contribution in [0.5, 0.6) is 0 Å². The summed E-state index contributed by atoms with van der Waals surface area (Å²) in [4.78, 5) is 24.1. The molecule has 2 rings (SSSR count). The molecule has 0 aromatic heterocycles. The van der Waals surface area contributed by atoms with E-state index in [1.54, 1.807) is 0 Å². The minimum absolute atomic E-state index is 0.00880. The van der Waals surface area contributed by atoms with Crippen molar-refractivity contribution in [1.29, 1.82) is 0 Å². The molecule has 2 heteroatoms. The fourth-order valence-corrected chi connectivity index (χ4v) is 3.47. The summed E-state index contributed by atoms with van der Waals surface area (Å²) in [7, 11) is 0. The smallest absolute Gasteiger partial charge is 0.140 e. The first-order valence-electron chi connectivity index (χ1n) is 8.17. The number of carbonyl (C=O) groups excluding carboxylic acids is 2. The van der Waals surface area contributed by atoms with Crippen LogP contribution in [0.15, 0.2) is 30.3 Å². The van der Waals surface area contributed by atoms with Crippen molar-refractivity contribution in [3.05, 3.63) is 35.9 Å². The first-order chi connectivity index (χ1) is 10.1. The number of Topliss-reactive ketones (excluding diaryl/α,β-unsaturated/α-hetero) is 2. The highest BCUT2D eigenvalue weighted by atomic mass is 16.1. The molecular weight excluding hydrogens is 260 g/mol. The molecule has 0 aliphatic heterocycles. The first-order valence-corrected chi connectivity index (χ1v) is 8.17. The Morgan fingerprint density at radius 3 is 2.57 bits per heavy atom. The Balaban J connectivity index is 1.95. The van der Waals surface area contributed by atoms with Crippen LogP contribution in [0, 0.1) is 11.8 Å². The summed E-state index contributed by atoms with van der Waals surface area (Å²) >= 11 is 0. The highest BCUT2D eigenvalue weighted by Crippen LogP contribution is 2.30. The summed E-state index contributed by atoms with van der Waals surface area (Å²) in [5.41, 5.74) is 1.12. The molecule has 1 saturated carbocycles. The molecule has 21 heavy (non-hydrogen) atoms. The Morgan fingerprint density at radius 1 is 1.24 bits per heavy atom. The van der Waals surface area contributed by atoms with Crippen LogP contribution in [-0.2, 0) is 9.59 Å². The number of hydrogen-bond donors (Lipinski definition) is 0. The summed E-state index contributed by atoms with van der Waals surface area (Å²) in [5.74, 6) is 1.44. The Hall–Kier alpha value is -1.44. The third-order valence-electron chi connectivity index (χ3n) is 4.56. The monoisotopic (exact) mass is 286 g/mol. The molecule has 1 aromatic rings. The zero-order chi connectivity index (χ0) is 15.2. The van der Waals surface area contributed by atoms with E-state index in [0.29, 0.717) is 36.2 Å². The molecule has 1 aliphatic carbocycles. The van der Waals surface area contributed by atoms with Crippen LogP contribution in [0.2, 0.25) is 0 Å². The van der Waals surface area contributed by atoms with Crippen LogP contribution in [0.3, 0.4) is 0 Å². The van der Waals surface area contributed by atoms with E-state index < -0.39 is 0 Å². The average Bonchev–Trinajstić information content (AvgIpc) is 2.46. The van der Waals surface area contributed by atoms with E-state index in [1.165, 1.54) is 0 Å². The van der Waals surface area contributed by atoms with Gasteiger partial charge >= 0.3 is 0 Å². The van der Waals surface area contributed by atoms with Crippen LogP contribution in [0.25, 0.3) is 0 Å². The van der Waals surface area contributed by atoms with Gasteiger partial charge in [0.25, 0.3) is 0 Å². The Morgan fingerprint density at radius 2 is 1.95 bits per heavy atom. The number of rotatable bonds is 6. The summed E-state index contributed by atoms with van der Waals surface area (Å²) in [6, 6.07) is 10.1. The van der Waals surface area contributed by atoms with E-state index in [1.807, 2.05) is 30.3 Å². The van der Waals surface area contributed by atoms with Gasteiger partial charge in [0.2, 0.25) is 0 Å². The van der Waals surface area contributed by atoms with Crippen molar-refractivity contribution < 1.29 is 9.59 Å². The highest BCUT2D eigenvalue weighted by molar-refractivity contribution is 5.86. The topological polar surface area (TPSA) is 34.1 Å². The van der Waals surface area contributed by atoms with Crippen LogP contribution < -0.4 is 0 Å². The molecular formula is C19H26O2. The molecule has 1 aliphatic rings. The fraction of sp³-hybridized carbons (Fsp3) is 0.579. The minimum atomic E-state index is -0.00880. The van der Waals surface area contributed by atoms with Gasteiger partial charge in [-0.3, -0.25) is 9.59 Å². The number of ketones is 2. The van der Waals surface area contributed by atoms with Gasteiger partial charge < -0.3 is 0 Å². The molecule has 0 bridgehead atoms. The van der Waals surface area contributed by atoms with Crippen molar-refractivity contribution in [3.8, 4) is 0 Å². The summed E-state index contributed by atoms with van der Waals surface area (Å²) in [5, 5.41) is 0. The molecule has 1 fully saturated rings. The van der Waals surface area contributed by atoms with Gasteiger partial charge in [-0.2, -0.15) is 0 Å². The van der Waals surface area contributed by atoms with E-state index >= 15 is 0 Å². The van der Waals surface area contributed by atoms with E-state index in [2.05, 4.69) is 13.8 Å². The van der Waals surface area contributed by atoms with Crippen molar-refractivity contribution in [1.82, 2.24) is 0 Å². The SMILES string of the molecule is CC(C)C(C(=O)CCC1CCCC(=O)C1)c1ccccc1. The lowest BCUT2D eigenvalue weighted by Gasteiger charge is -2.23. The van der Waals surface area contributed by atoms with Gasteiger partial charge in [-0.15, -0.1) is 0 Å². The zero-order valence-corrected chi connectivity index (χ0v) is 13.2. The number of benzene rings is 1. The molecule has 1 aromatic carbocycles. The molecule has 0 heterocycles. The van der Waals surface area contributed by atoms with Crippen LogP contribution >= 0.6 is 0 Å². The Kier molecular flexibility index (Phi) is 5.72. The molecule has 0 saturated heterocycles. The normalized spacial score (nSPS) is 20.5. The average molecular weight is 286 g/mol. The largest absolute Gasteiger partial charge is 0.300 e. The standard InChI is InChI=1S/C19H26O2/c1-14(2)19(16-8-4-3-5-9-16)18(21)12-11-15-7-6-10-17(20)13-15/h3-5,8-9,14-15,19H,6-7,10-13H2,1-2H3. The molecule has 114 valence electrons. The summed E-state index contributed by atoms with van der Waals surface area (Å²) < 4.78 is 0. The van der Waals surface area contributed by atoms with Crippen molar-refractivity contribution in [2.45, 2.75) is 58.3 Å². The lowest BCUT2D eigenvalue weighted by atomic mass is 9.80. The molecule has 2 unspecified atom stereocenters. The first kappa shape index (κ1) is 15.9. The van der Waals surface area contributed by atoms with E-state index in [-0.39, 0.29) is 5.92 Å². The van der Waals surface area contributed by atoms with E-state index in [0.717, 1.165) is 31.2 Å². The quantitative estimate of drug-likeness (QED) is 0.769. The van der Waals surface area contributed by atoms with Crippen molar-refractivity contribution in [2.75, 3.05) is 0 Å². The molecule has 2 atom stereocenters. The van der Waals surface area contributed by atoms with Gasteiger partial charge in [0.05, 0.1) is 0 Å². The van der Waals surface area contributed by atoms with Crippen molar-refractivity contribution in [3.63, 3.8) is 0 Å². The van der Waals surface area contributed by atoms with Crippen LogP contribution in [-0.4, -0.2) is 11.6 Å². The maximum atomic E-state index is 12.6. The van der Waals surface area contributed by atoms with E-state index in [9.17, 15) is 9.59 Å². The molecule has 0 radical (unpaired) electrons. The molecule has 0 spiro atoms. The minimum Gasteiger partial charge on any atom is -0.300 e. The van der Waals surface area contributed by atoms with Crippen LogP contribution in [0.1, 0.15) is 63.9 Å². The zero-order valence-electron chi connectivity index (χ0n) is 13.2. The van der Waals surface area contributed by atoms with E-state index in [4.69, 9.17) is 0 Å². The summed E-state index contributed by atoms with van der Waals surface area (Å²) in [6.07, 6.45) is 5.02. The Labute approximate surface area is 127 Å². The third-order valence-corrected chi connectivity index (χ3v) is 4.56. The third kappa shape index (κ3) is 4.52. The second-order valence-electron chi connectivity index (χ2n) is 6.64. The molecule has 2 nitrogen and oxygen atoms in total. The van der Waals surface area contributed by atoms with Gasteiger partial charge in [-0.25, -0.2) is 0 Å². The van der Waals surface area contributed by atoms with Gasteiger partial charge in [0, 0.05) is 25.2 Å². The summed E-state index contributed by atoms with van der Waals surface area (Å²) in [6.45, 7) is 4.22. The number of carbonyl (C=O) groups is 2. The van der Waals surface area contributed by atoms with Gasteiger partial charge in [0.15, 0.2) is 0 Å². The highest BCUT2D eigenvalue weighted by Gasteiger charge is 2.26. The van der Waals surface area contributed by atoms with Gasteiger partial charge in [-0.05, 0) is 36.7 Å². The maximum Gasteiger partial charge on any atom is 0.140 e. The Bertz CT molecular complexity index is 476. The maximum absolute atomic E-state index is 12.6. The van der Waals surface area contributed by atoms with Crippen molar-refractivity contribution >= 4 is 11.6 Å². The second-order valence-corrected chi connectivity index (χ2v) is 6.64. The van der Waals surface area contributed by atoms with Gasteiger partial charge in [-0.1, -0.05) is 44.2 Å². The van der Waals surface area contributed by atoms with Gasteiger partial charge in [0.1, 0.15) is 11.6 Å². The predicted octanol–water partition coefficient (Wildman–Crippen LogP) is 4.53. The molecule has 0 N–H and O–H groups in total.